The van der Waals surface area contributed by atoms with Crippen molar-refractivity contribution in [1.29, 1.82) is 0 Å². The number of carbonyl (C=O) groups excluding carboxylic acids is 4. The number of nitrogens with one attached hydrogen (secondary N) is 4. The van der Waals surface area contributed by atoms with Crippen LogP contribution in [0.5, 0.6) is 0 Å². The lowest BCUT2D eigenvalue weighted by Crippen LogP contribution is -2.51. The Labute approximate surface area is 309 Å². The monoisotopic (exact) mass is 724 g/mol. The Balaban J connectivity index is 1.15. The van der Waals surface area contributed by atoms with Gasteiger partial charge in [0.25, 0.3) is 0 Å². The second-order valence-electron chi connectivity index (χ2n) is 14.0. The molecule has 4 N–H and O–H groups in total. The molecular formula is C39H48N8O6. The first kappa shape index (κ1) is 37.1. The van der Waals surface area contributed by atoms with E-state index in [1.807, 2.05) is 31.9 Å². The molecule has 2 aromatic heterocycles. The molecule has 2 aromatic carbocycles. The van der Waals surface area contributed by atoms with Crippen molar-refractivity contribution in [3.8, 4) is 33.6 Å². The summed E-state index contributed by atoms with van der Waals surface area (Å²) >= 11 is 0. The van der Waals surface area contributed by atoms with Gasteiger partial charge in [-0.05, 0) is 67.2 Å². The molecule has 0 saturated carbocycles. The summed E-state index contributed by atoms with van der Waals surface area (Å²) in [6, 6.07) is 13.6. The summed E-state index contributed by atoms with van der Waals surface area (Å²) in [4.78, 5) is 69.6. The Morgan fingerprint density at radius 3 is 2.38 bits per heavy atom. The van der Waals surface area contributed by atoms with Gasteiger partial charge in [-0.2, -0.15) is 0 Å². The van der Waals surface area contributed by atoms with E-state index in [0.29, 0.717) is 12.4 Å². The van der Waals surface area contributed by atoms with Gasteiger partial charge in [-0.15, -0.1) is 0 Å². The third kappa shape index (κ3) is 7.91. The van der Waals surface area contributed by atoms with Crippen molar-refractivity contribution < 1.29 is 28.7 Å². The number of likely N-dealkylation sites (N-methyl/N-ethyl adjacent to an activating group) is 1. The Hall–Kier alpha value is -5.66. The van der Waals surface area contributed by atoms with Gasteiger partial charge in [0.2, 0.25) is 11.8 Å². The number of benzene rings is 2. The van der Waals surface area contributed by atoms with E-state index in [4.69, 9.17) is 9.72 Å². The molecule has 53 heavy (non-hydrogen) atoms. The Kier molecular flexibility index (Phi) is 11.2. The molecule has 2 aliphatic rings. The fourth-order valence-electron chi connectivity index (χ4n) is 7.13. The van der Waals surface area contributed by atoms with E-state index in [1.54, 1.807) is 11.9 Å². The zero-order chi connectivity index (χ0) is 37.8. The van der Waals surface area contributed by atoms with Crippen molar-refractivity contribution in [2.45, 2.75) is 71.0 Å². The number of aromatic amines is 2. The minimum atomic E-state index is -0.686. The summed E-state index contributed by atoms with van der Waals surface area (Å²) in [5.74, 6) is 0.928. The quantitative estimate of drug-likeness (QED) is 0.165. The van der Waals surface area contributed by atoms with Gasteiger partial charge in [-0.25, -0.2) is 19.6 Å². The molecule has 4 aromatic rings. The van der Waals surface area contributed by atoms with Crippen LogP contribution in [0.3, 0.4) is 0 Å². The molecule has 3 heterocycles. The number of nitrogens with zero attached hydrogens (tertiary/aromatic N) is 4. The van der Waals surface area contributed by atoms with Crippen LogP contribution in [0.15, 0.2) is 48.7 Å². The average Bonchev–Trinajstić information content (AvgIpc) is 3.93. The van der Waals surface area contributed by atoms with E-state index < -0.39 is 18.2 Å². The molecule has 4 amide bonds. The molecule has 0 radical (unpaired) electrons. The topological polar surface area (TPSA) is 175 Å². The molecule has 14 nitrogen and oxygen atoms in total. The number of imidazole rings is 2. The molecule has 280 valence electrons. The predicted octanol–water partition coefficient (Wildman–Crippen LogP) is 5.54. The molecule has 0 spiro atoms. The number of amides is 4. The first-order valence-corrected chi connectivity index (χ1v) is 18.1. The maximum atomic E-state index is 13.5. The van der Waals surface area contributed by atoms with Gasteiger partial charge < -0.3 is 39.9 Å². The third-order valence-electron chi connectivity index (χ3n) is 10.3. The summed E-state index contributed by atoms with van der Waals surface area (Å²) in [6.45, 7) is 6.14. The van der Waals surface area contributed by atoms with Crippen molar-refractivity contribution >= 4 is 24.0 Å². The molecule has 14 heteroatoms. The summed E-state index contributed by atoms with van der Waals surface area (Å²) < 4.78 is 9.32. The van der Waals surface area contributed by atoms with Crippen LogP contribution in [-0.4, -0.2) is 94.1 Å². The fraction of sp³-hybridized carbons (Fsp3) is 0.436. The number of alkyl carbamates (subject to hydrolysis) is 2. The van der Waals surface area contributed by atoms with Gasteiger partial charge in [0.05, 0.1) is 43.9 Å². The number of methoxy groups -OCH3 is 2. The second kappa shape index (κ2) is 15.9. The SMILES string of the molecule is COC(=O)NCC(=O)N(C)[C@@H](C)c1nc2c([nH]1)CCCc1cc(-c3ccc(-c4cnc([C@@H]5CCCN5C(=O)[C@@H](NC(=O)OC)C(C)C)[nH]4)cc3)ccc1-2. The molecule has 1 aliphatic heterocycles. The maximum absolute atomic E-state index is 13.5. The second-order valence-corrected chi connectivity index (χ2v) is 14.0. The molecule has 3 atom stereocenters. The zero-order valence-electron chi connectivity index (χ0n) is 31.1. The van der Waals surface area contributed by atoms with E-state index in [2.05, 4.69) is 72.8 Å². The van der Waals surface area contributed by atoms with Gasteiger partial charge in [0.15, 0.2) is 0 Å². The molecule has 1 fully saturated rings. The van der Waals surface area contributed by atoms with E-state index in [0.717, 1.165) is 77.3 Å². The predicted molar refractivity (Wildman–Crippen MR) is 199 cm³/mol. The van der Waals surface area contributed by atoms with Crippen molar-refractivity contribution in [3.05, 3.63) is 71.6 Å². The number of ether oxygens (including phenoxy) is 2. The van der Waals surface area contributed by atoms with Crippen LogP contribution in [0.25, 0.3) is 33.6 Å². The zero-order valence-corrected chi connectivity index (χ0v) is 31.1. The van der Waals surface area contributed by atoms with Gasteiger partial charge in [0.1, 0.15) is 24.2 Å². The lowest BCUT2D eigenvalue weighted by Gasteiger charge is -2.30. The molecule has 0 bridgehead atoms. The van der Waals surface area contributed by atoms with E-state index >= 15 is 0 Å². The normalized spacial score (nSPS) is 16.2. The lowest BCUT2D eigenvalue weighted by molar-refractivity contribution is -0.135. The van der Waals surface area contributed by atoms with E-state index in [-0.39, 0.29) is 36.4 Å². The number of rotatable bonds is 10. The molecule has 1 saturated heterocycles. The maximum Gasteiger partial charge on any atom is 0.407 e. The molecule has 6 rings (SSSR count). The Morgan fingerprint density at radius 2 is 1.66 bits per heavy atom. The highest BCUT2D eigenvalue weighted by Crippen LogP contribution is 2.36. The van der Waals surface area contributed by atoms with Crippen molar-refractivity contribution in [1.82, 2.24) is 40.4 Å². The van der Waals surface area contributed by atoms with E-state index in [9.17, 15) is 19.2 Å². The van der Waals surface area contributed by atoms with Crippen LogP contribution < -0.4 is 10.6 Å². The number of fused-ring (bicyclic) bond motifs is 3. The summed E-state index contributed by atoms with van der Waals surface area (Å²) in [5.41, 5.74) is 8.31. The summed E-state index contributed by atoms with van der Waals surface area (Å²) in [6.07, 6.45) is 4.89. The minimum Gasteiger partial charge on any atom is -0.453 e. The van der Waals surface area contributed by atoms with E-state index in [1.165, 1.54) is 19.8 Å². The first-order chi connectivity index (χ1) is 25.5. The number of carbonyl (C=O) groups is 4. The number of H-pyrrole nitrogens is 2. The van der Waals surface area contributed by atoms with Crippen LogP contribution in [-0.2, 0) is 31.9 Å². The summed E-state index contributed by atoms with van der Waals surface area (Å²) in [7, 11) is 4.24. The van der Waals surface area contributed by atoms with Crippen LogP contribution >= 0.6 is 0 Å². The van der Waals surface area contributed by atoms with Crippen LogP contribution in [0, 0.1) is 5.92 Å². The van der Waals surface area contributed by atoms with Crippen LogP contribution in [0.4, 0.5) is 9.59 Å². The van der Waals surface area contributed by atoms with Crippen molar-refractivity contribution in [2.75, 3.05) is 34.4 Å². The highest BCUT2D eigenvalue weighted by molar-refractivity contribution is 5.86. The Bertz CT molecular complexity index is 1970. The first-order valence-electron chi connectivity index (χ1n) is 18.1. The van der Waals surface area contributed by atoms with Gasteiger partial charge >= 0.3 is 12.2 Å². The van der Waals surface area contributed by atoms with Gasteiger partial charge in [0, 0.05) is 24.8 Å². The van der Waals surface area contributed by atoms with Crippen molar-refractivity contribution in [3.63, 3.8) is 0 Å². The number of aromatic nitrogens is 4. The number of aryl methyl sites for hydroxylation is 2. The minimum absolute atomic E-state index is 0.104. The molecular weight excluding hydrogens is 676 g/mol. The molecule has 1 aliphatic carbocycles. The van der Waals surface area contributed by atoms with Crippen LogP contribution in [0.2, 0.25) is 0 Å². The standard InChI is InChI=1S/C39H48N8O6/c1-22(2)33(45-39(51)53-6)37(49)47-18-8-11-31(47)36-40-20-30(43-36)25-14-12-24(13-15-25)26-16-17-28-27(19-26)9-7-10-29-34(28)44-35(42-29)23(3)46(4)32(48)21-41-38(50)52-5/h12-17,19-20,22-23,31,33H,7-11,18,21H2,1-6H3,(H,40,43)(H,41,50)(H,42,44)(H,45,51)/t23-,31-,33-/m0/s1. The average molecular weight is 725 g/mol. The smallest absolute Gasteiger partial charge is 0.407 e. The largest absolute Gasteiger partial charge is 0.453 e. The lowest BCUT2D eigenvalue weighted by atomic mass is 9.95. The number of hydrogen-bond acceptors (Lipinski definition) is 8. The van der Waals surface area contributed by atoms with Gasteiger partial charge in [-0.1, -0.05) is 56.3 Å². The van der Waals surface area contributed by atoms with Crippen molar-refractivity contribution in [2.24, 2.45) is 5.92 Å². The highest BCUT2D eigenvalue weighted by Gasteiger charge is 2.37. The van der Waals surface area contributed by atoms with Crippen LogP contribution in [0.1, 0.15) is 75.0 Å². The number of likely N-dealkylation sites (tertiary alicyclic amines) is 1. The Morgan fingerprint density at radius 1 is 0.943 bits per heavy atom. The third-order valence-corrected chi connectivity index (χ3v) is 10.3. The number of hydrogen-bond donors (Lipinski definition) is 4. The summed E-state index contributed by atoms with van der Waals surface area (Å²) in [5, 5.41) is 5.13. The fourth-order valence-corrected chi connectivity index (χ4v) is 7.13. The molecule has 0 unspecified atom stereocenters. The highest BCUT2D eigenvalue weighted by atomic mass is 16.5. The van der Waals surface area contributed by atoms with Gasteiger partial charge in [-0.3, -0.25) is 9.59 Å².